The standard InChI is InChI=1S/C15H21NO3/c1-11(2)14(12-7-5-4-6-8-12)15(19)16(3)10-9-13(17)18/h4-8,11,14H,9-10H2,1-3H3,(H,17,18). The van der Waals surface area contributed by atoms with Gasteiger partial charge >= 0.3 is 5.97 Å². The molecule has 4 nitrogen and oxygen atoms in total. The third-order valence-electron chi connectivity index (χ3n) is 3.13. The van der Waals surface area contributed by atoms with E-state index in [1.165, 1.54) is 4.90 Å². The third kappa shape index (κ3) is 4.39. The van der Waals surface area contributed by atoms with Crippen molar-refractivity contribution in [3.63, 3.8) is 0 Å². The quantitative estimate of drug-likeness (QED) is 0.857. The second-order valence-corrected chi connectivity index (χ2v) is 5.04. The molecule has 1 unspecified atom stereocenters. The first-order valence-electron chi connectivity index (χ1n) is 6.45. The zero-order valence-electron chi connectivity index (χ0n) is 11.7. The van der Waals surface area contributed by atoms with Crippen LogP contribution in [0.15, 0.2) is 30.3 Å². The lowest BCUT2D eigenvalue weighted by molar-refractivity contribution is -0.138. The van der Waals surface area contributed by atoms with Crippen molar-refractivity contribution in [2.24, 2.45) is 5.92 Å². The normalized spacial score (nSPS) is 12.2. The van der Waals surface area contributed by atoms with Crippen LogP contribution in [0.3, 0.4) is 0 Å². The molecule has 1 N–H and O–H groups in total. The van der Waals surface area contributed by atoms with Crippen LogP contribution in [0.4, 0.5) is 0 Å². The maximum atomic E-state index is 12.4. The number of aliphatic carboxylic acids is 1. The van der Waals surface area contributed by atoms with Gasteiger partial charge in [-0.1, -0.05) is 44.2 Å². The van der Waals surface area contributed by atoms with E-state index in [0.717, 1.165) is 5.56 Å². The minimum Gasteiger partial charge on any atom is -0.481 e. The lowest BCUT2D eigenvalue weighted by atomic mass is 9.87. The summed E-state index contributed by atoms with van der Waals surface area (Å²) in [5.41, 5.74) is 0.977. The zero-order valence-corrected chi connectivity index (χ0v) is 11.7. The van der Waals surface area contributed by atoms with Gasteiger partial charge in [-0.3, -0.25) is 9.59 Å². The fourth-order valence-corrected chi connectivity index (χ4v) is 2.08. The maximum absolute atomic E-state index is 12.4. The SMILES string of the molecule is CC(C)C(C(=O)N(C)CCC(=O)O)c1ccccc1. The van der Waals surface area contributed by atoms with Crippen molar-refractivity contribution in [1.82, 2.24) is 4.90 Å². The first-order valence-corrected chi connectivity index (χ1v) is 6.45. The summed E-state index contributed by atoms with van der Waals surface area (Å²) < 4.78 is 0. The van der Waals surface area contributed by atoms with Crippen molar-refractivity contribution in [3.8, 4) is 0 Å². The van der Waals surface area contributed by atoms with Crippen molar-refractivity contribution in [2.75, 3.05) is 13.6 Å². The van der Waals surface area contributed by atoms with Crippen LogP contribution in [0.1, 0.15) is 31.7 Å². The predicted molar refractivity (Wildman–Crippen MR) is 73.9 cm³/mol. The van der Waals surface area contributed by atoms with Crippen LogP contribution in [-0.2, 0) is 9.59 Å². The number of hydrogen-bond donors (Lipinski definition) is 1. The molecule has 19 heavy (non-hydrogen) atoms. The zero-order chi connectivity index (χ0) is 14.4. The Kier molecular flexibility index (Phi) is 5.55. The summed E-state index contributed by atoms with van der Waals surface area (Å²) >= 11 is 0. The van der Waals surface area contributed by atoms with Crippen molar-refractivity contribution < 1.29 is 14.7 Å². The Bertz CT molecular complexity index is 428. The van der Waals surface area contributed by atoms with E-state index in [9.17, 15) is 9.59 Å². The van der Waals surface area contributed by atoms with Crippen LogP contribution in [0.25, 0.3) is 0 Å². The molecule has 0 radical (unpaired) electrons. The molecule has 0 aromatic heterocycles. The highest BCUT2D eigenvalue weighted by Crippen LogP contribution is 2.26. The molecule has 1 atom stereocenters. The Morgan fingerprint density at radius 2 is 1.79 bits per heavy atom. The molecule has 0 saturated carbocycles. The minimum absolute atomic E-state index is 0.0255. The Morgan fingerprint density at radius 3 is 2.26 bits per heavy atom. The number of amides is 1. The lowest BCUT2D eigenvalue weighted by Gasteiger charge is -2.26. The Hall–Kier alpha value is -1.84. The van der Waals surface area contributed by atoms with Gasteiger partial charge in [0.25, 0.3) is 0 Å². The third-order valence-corrected chi connectivity index (χ3v) is 3.13. The summed E-state index contributed by atoms with van der Waals surface area (Å²) in [5, 5.41) is 8.67. The largest absolute Gasteiger partial charge is 0.481 e. The molecule has 4 heteroatoms. The first kappa shape index (κ1) is 15.2. The highest BCUT2D eigenvalue weighted by Gasteiger charge is 2.26. The van der Waals surface area contributed by atoms with Gasteiger partial charge in [-0.25, -0.2) is 0 Å². The van der Waals surface area contributed by atoms with Crippen LogP contribution >= 0.6 is 0 Å². The molecule has 0 spiro atoms. The number of carboxylic acids is 1. The van der Waals surface area contributed by atoms with Gasteiger partial charge in [0.15, 0.2) is 0 Å². The summed E-state index contributed by atoms with van der Waals surface area (Å²) in [6.45, 7) is 4.24. The van der Waals surface area contributed by atoms with Crippen LogP contribution in [0.5, 0.6) is 0 Å². The van der Waals surface area contributed by atoms with Gasteiger partial charge in [0.1, 0.15) is 0 Å². The molecule has 0 aliphatic rings. The van der Waals surface area contributed by atoms with Gasteiger partial charge in [-0.2, -0.15) is 0 Å². The van der Waals surface area contributed by atoms with E-state index in [1.807, 2.05) is 44.2 Å². The van der Waals surface area contributed by atoms with Gasteiger partial charge < -0.3 is 10.0 Å². The Morgan fingerprint density at radius 1 is 1.21 bits per heavy atom. The van der Waals surface area contributed by atoms with E-state index in [0.29, 0.717) is 0 Å². The second kappa shape index (κ2) is 6.92. The van der Waals surface area contributed by atoms with Gasteiger partial charge in [0, 0.05) is 13.6 Å². The molecule has 0 aliphatic heterocycles. The highest BCUT2D eigenvalue weighted by molar-refractivity contribution is 5.84. The Balaban J connectivity index is 2.82. The molecule has 1 aromatic rings. The highest BCUT2D eigenvalue weighted by atomic mass is 16.4. The first-order chi connectivity index (χ1) is 8.93. The van der Waals surface area contributed by atoms with E-state index in [2.05, 4.69) is 0 Å². The molecule has 104 valence electrons. The summed E-state index contributed by atoms with van der Waals surface area (Å²) in [4.78, 5) is 24.5. The van der Waals surface area contributed by atoms with Crippen molar-refractivity contribution in [1.29, 1.82) is 0 Å². The van der Waals surface area contributed by atoms with E-state index >= 15 is 0 Å². The van der Waals surface area contributed by atoms with Crippen LogP contribution in [0.2, 0.25) is 0 Å². The van der Waals surface area contributed by atoms with Gasteiger partial charge in [0.05, 0.1) is 12.3 Å². The Labute approximate surface area is 114 Å². The molecule has 0 saturated heterocycles. The second-order valence-electron chi connectivity index (χ2n) is 5.04. The van der Waals surface area contributed by atoms with Gasteiger partial charge in [-0.05, 0) is 11.5 Å². The average Bonchev–Trinajstić information content (AvgIpc) is 2.36. The molecule has 0 heterocycles. The molecule has 0 fully saturated rings. The van der Waals surface area contributed by atoms with Crippen molar-refractivity contribution >= 4 is 11.9 Å². The number of carbonyl (C=O) groups is 2. The average molecular weight is 263 g/mol. The molecule has 1 rings (SSSR count). The molecular formula is C15H21NO3. The molecular weight excluding hydrogens is 242 g/mol. The topological polar surface area (TPSA) is 57.6 Å². The molecule has 1 aromatic carbocycles. The van der Waals surface area contributed by atoms with Crippen LogP contribution in [0, 0.1) is 5.92 Å². The molecule has 0 aliphatic carbocycles. The fourth-order valence-electron chi connectivity index (χ4n) is 2.08. The summed E-state index contributed by atoms with van der Waals surface area (Å²) in [6, 6.07) is 9.62. The smallest absolute Gasteiger partial charge is 0.305 e. The predicted octanol–water partition coefficient (Wildman–Crippen LogP) is 2.36. The van der Waals surface area contributed by atoms with E-state index in [-0.39, 0.29) is 30.7 Å². The number of benzene rings is 1. The number of likely N-dealkylation sites (N-methyl/N-ethyl adjacent to an activating group) is 1. The van der Waals surface area contributed by atoms with E-state index in [1.54, 1.807) is 7.05 Å². The van der Waals surface area contributed by atoms with Gasteiger partial charge in [0.2, 0.25) is 5.91 Å². The number of carbonyl (C=O) groups excluding carboxylic acids is 1. The van der Waals surface area contributed by atoms with E-state index in [4.69, 9.17) is 5.11 Å². The fraction of sp³-hybridized carbons (Fsp3) is 0.467. The number of hydrogen-bond acceptors (Lipinski definition) is 2. The van der Waals surface area contributed by atoms with E-state index < -0.39 is 5.97 Å². The molecule has 1 amide bonds. The monoisotopic (exact) mass is 263 g/mol. The molecule has 0 bridgehead atoms. The number of nitrogens with zero attached hydrogens (tertiary/aromatic N) is 1. The van der Waals surface area contributed by atoms with Crippen LogP contribution in [-0.4, -0.2) is 35.5 Å². The summed E-state index contributed by atoms with van der Waals surface area (Å²) in [6.07, 6.45) is -0.0259. The lowest BCUT2D eigenvalue weighted by Crippen LogP contribution is -2.35. The van der Waals surface area contributed by atoms with Crippen LogP contribution < -0.4 is 0 Å². The van der Waals surface area contributed by atoms with Gasteiger partial charge in [-0.15, -0.1) is 0 Å². The van der Waals surface area contributed by atoms with Crippen molar-refractivity contribution in [2.45, 2.75) is 26.2 Å². The summed E-state index contributed by atoms with van der Waals surface area (Å²) in [7, 11) is 1.66. The van der Waals surface area contributed by atoms with Crippen molar-refractivity contribution in [3.05, 3.63) is 35.9 Å². The number of carboxylic acid groups (broad SMARTS) is 1. The maximum Gasteiger partial charge on any atom is 0.305 e. The summed E-state index contributed by atoms with van der Waals surface area (Å²) in [5.74, 6) is -0.968. The number of rotatable bonds is 6. The minimum atomic E-state index is -0.888.